The Kier molecular flexibility index (Phi) is 4.79. The van der Waals surface area contributed by atoms with Crippen molar-refractivity contribution in [2.24, 2.45) is 0 Å². The van der Waals surface area contributed by atoms with Gasteiger partial charge in [0.05, 0.1) is 0 Å². The maximum atomic E-state index is 5.85. The van der Waals surface area contributed by atoms with E-state index in [-0.39, 0.29) is 5.28 Å². The smallest absolute Gasteiger partial charge is 0.224 e. The van der Waals surface area contributed by atoms with Crippen LogP contribution in [-0.4, -0.2) is 23.1 Å². The third-order valence-corrected chi connectivity index (χ3v) is 3.26. The van der Waals surface area contributed by atoms with Crippen LogP contribution in [0.3, 0.4) is 0 Å². The first-order valence-electron chi connectivity index (χ1n) is 6.75. The number of nitrogens with one attached hydrogen (secondary N) is 1. The number of halogens is 1. The van der Waals surface area contributed by atoms with E-state index in [0.717, 1.165) is 24.5 Å². The summed E-state index contributed by atoms with van der Waals surface area (Å²) in [7, 11) is 0. The fourth-order valence-electron chi connectivity index (χ4n) is 2.09. The second kappa shape index (κ2) is 6.57. The van der Waals surface area contributed by atoms with Crippen molar-refractivity contribution >= 4 is 28.8 Å². The molecule has 106 valence electrons. The van der Waals surface area contributed by atoms with E-state index >= 15 is 0 Å². The Labute approximate surface area is 124 Å². The van der Waals surface area contributed by atoms with E-state index in [0.29, 0.717) is 5.82 Å². The highest BCUT2D eigenvalue weighted by Gasteiger charge is 2.03. The quantitative estimate of drug-likeness (QED) is 0.844. The van der Waals surface area contributed by atoms with E-state index in [1.54, 1.807) is 0 Å². The van der Waals surface area contributed by atoms with Crippen LogP contribution < -0.4 is 10.2 Å². The first kappa shape index (κ1) is 14.6. The van der Waals surface area contributed by atoms with Gasteiger partial charge in [-0.15, -0.1) is 0 Å². The molecular formula is C15H19ClN4. The van der Waals surface area contributed by atoms with Crippen molar-refractivity contribution in [1.82, 2.24) is 9.97 Å². The number of anilines is 3. The summed E-state index contributed by atoms with van der Waals surface area (Å²) in [6.07, 6.45) is 0. The molecule has 2 rings (SSSR count). The molecule has 1 aromatic heterocycles. The molecule has 0 amide bonds. The summed E-state index contributed by atoms with van der Waals surface area (Å²) in [4.78, 5) is 10.5. The molecule has 2 aromatic rings. The molecule has 0 aliphatic carbocycles. The summed E-state index contributed by atoms with van der Waals surface area (Å²) >= 11 is 5.85. The fraction of sp³-hybridized carbons (Fsp3) is 0.333. The molecule has 0 saturated carbocycles. The third-order valence-electron chi connectivity index (χ3n) is 3.10. The Morgan fingerprint density at radius 2 is 1.75 bits per heavy atom. The highest BCUT2D eigenvalue weighted by Crippen LogP contribution is 2.21. The zero-order valence-corrected chi connectivity index (χ0v) is 12.8. The lowest BCUT2D eigenvalue weighted by atomic mass is 10.2. The number of hydrogen-bond acceptors (Lipinski definition) is 4. The molecule has 0 aliphatic rings. The van der Waals surface area contributed by atoms with Gasteiger partial charge in [-0.1, -0.05) is 0 Å². The van der Waals surface area contributed by atoms with Crippen LogP contribution in [0.15, 0.2) is 30.3 Å². The first-order valence-corrected chi connectivity index (χ1v) is 7.13. The van der Waals surface area contributed by atoms with Crippen LogP contribution in [-0.2, 0) is 0 Å². The predicted octanol–water partition coefficient (Wildman–Crippen LogP) is 4.03. The second-order valence-electron chi connectivity index (χ2n) is 4.51. The maximum Gasteiger partial charge on any atom is 0.224 e. The van der Waals surface area contributed by atoms with Gasteiger partial charge in [0.15, 0.2) is 0 Å². The molecule has 0 saturated heterocycles. The Bertz CT molecular complexity index is 544. The lowest BCUT2D eigenvalue weighted by molar-refractivity contribution is 0.866. The molecule has 4 nitrogen and oxygen atoms in total. The minimum Gasteiger partial charge on any atom is -0.372 e. The summed E-state index contributed by atoms with van der Waals surface area (Å²) in [5.74, 6) is 0.707. The van der Waals surface area contributed by atoms with Gasteiger partial charge in [-0.2, -0.15) is 0 Å². The van der Waals surface area contributed by atoms with Crippen molar-refractivity contribution in [3.8, 4) is 0 Å². The third kappa shape index (κ3) is 3.61. The summed E-state index contributed by atoms with van der Waals surface area (Å²) < 4.78 is 0. The topological polar surface area (TPSA) is 41.0 Å². The number of hydrogen-bond donors (Lipinski definition) is 1. The Hall–Kier alpha value is -1.81. The lowest BCUT2D eigenvalue weighted by Gasteiger charge is -2.21. The molecule has 0 atom stereocenters. The van der Waals surface area contributed by atoms with Crippen LogP contribution in [0.25, 0.3) is 0 Å². The van der Waals surface area contributed by atoms with Crippen LogP contribution >= 0.6 is 11.6 Å². The number of aromatic nitrogens is 2. The van der Waals surface area contributed by atoms with E-state index in [1.165, 1.54) is 5.69 Å². The summed E-state index contributed by atoms with van der Waals surface area (Å²) in [6.45, 7) is 8.21. The highest BCUT2D eigenvalue weighted by atomic mass is 35.5. The molecule has 0 radical (unpaired) electrons. The van der Waals surface area contributed by atoms with E-state index in [2.05, 4.69) is 46.2 Å². The van der Waals surface area contributed by atoms with Crippen molar-refractivity contribution < 1.29 is 0 Å². The Morgan fingerprint density at radius 3 is 2.30 bits per heavy atom. The predicted molar refractivity (Wildman–Crippen MR) is 85.1 cm³/mol. The molecule has 0 spiro atoms. The summed E-state index contributed by atoms with van der Waals surface area (Å²) in [5.41, 5.74) is 3.04. The average molecular weight is 291 g/mol. The lowest BCUT2D eigenvalue weighted by Crippen LogP contribution is -2.21. The van der Waals surface area contributed by atoms with Gasteiger partial charge >= 0.3 is 0 Å². The highest BCUT2D eigenvalue weighted by molar-refractivity contribution is 6.28. The van der Waals surface area contributed by atoms with Crippen LogP contribution in [0.1, 0.15) is 19.5 Å². The summed E-state index contributed by atoms with van der Waals surface area (Å²) in [5, 5.41) is 3.49. The van der Waals surface area contributed by atoms with Crippen molar-refractivity contribution in [3.63, 3.8) is 0 Å². The SMILES string of the molecule is CCN(CC)c1ccc(Nc2cc(C)nc(Cl)n2)cc1. The Morgan fingerprint density at radius 1 is 1.10 bits per heavy atom. The van der Waals surface area contributed by atoms with Crippen molar-refractivity contribution in [2.45, 2.75) is 20.8 Å². The van der Waals surface area contributed by atoms with Crippen molar-refractivity contribution in [2.75, 3.05) is 23.3 Å². The normalized spacial score (nSPS) is 10.4. The number of rotatable bonds is 5. The molecule has 1 N–H and O–H groups in total. The maximum absolute atomic E-state index is 5.85. The molecule has 0 bridgehead atoms. The number of aryl methyl sites for hydroxylation is 1. The Balaban J connectivity index is 2.14. The molecule has 0 unspecified atom stereocenters. The van der Waals surface area contributed by atoms with Gasteiger partial charge in [-0.05, 0) is 56.6 Å². The minimum atomic E-state index is 0.257. The first-order chi connectivity index (χ1) is 9.62. The minimum absolute atomic E-state index is 0.257. The molecule has 5 heteroatoms. The zero-order valence-electron chi connectivity index (χ0n) is 12.0. The van der Waals surface area contributed by atoms with Gasteiger partial charge in [0.2, 0.25) is 5.28 Å². The van der Waals surface area contributed by atoms with Crippen LogP contribution in [0.2, 0.25) is 5.28 Å². The van der Waals surface area contributed by atoms with E-state index in [9.17, 15) is 0 Å². The molecule has 0 aliphatic heterocycles. The van der Waals surface area contributed by atoms with Gasteiger partial charge in [-0.3, -0.25) is 0 Å². The van der Waals surface area contributed by atoms with Gasteiger partial charge in [0.25, 0.3) is 0 Å². The summed E-state index contributed by atoms with van der Waals surface area (Å²) in [6, 6.07) is 10.2. The van der Waals surface area contributed by atoms with Gasteiger partial charge in [0.1, 0.15) is 5.82 Å². The van der Waals surface area contributed by atoms with Gasteiger partial charge in [-0.25, -0.2) is 9.97 Å². The number of benzene rings is 1. The van der Waals surface area contributed by atoms with Crippen LogP contribution in [0.4, 0.5) is 17.2 Å². The van der Waals surface area contributed by atoms with E-state index in [1.807, 2.05) is 25.1 Å². The fourth-order valence-corrected chi connectivity index (χ4v) is 2.31. The average Bonchev–Trinajstić information content (AvgIpc) is 2.41. The molecule has 1 heterocycles. The molecular weight excluding hydrogens is 272 g/mol. The van der Waals surface area contributed by atoms with Crippen molar-refractivity contribution in [3.05, 3.63) is 41.3 Å². The van der Waals surface area contributed by atoms with Crippen molar-refractivity contribution in [1.29, 1.82) is 0 Å². The zero-order chi connectivity index (χ0) is 14.5. The van der Waals surface area contributed by atoms with E-state index in [4.69, 9.17) is 11.6 Å². The van der Waals surface area contributed by atoms with E-state index < -0.39 is 0 Å². The molecule has 0 fully saturated rings. The monoisotopic (exact) mass is 290 g/mol. The van der Waals surface area contributed by atoms with Crippen LogP contribution in [0, 0.1) is 6.92 Å². The van der Waals surface area contributed by atoms with Gasteiger partial charge < -0.3 is 10.2 Å². The largest absolute Gasteiger partial charge is 0.372 e. The standard InChI is InChI=1S/C15H19ClN4/c1-4-20(5-2)13-8-6-12(7-9-13)18-14-10-11(3)17-15(16)19-14/h6-10H,4-5H2,1-3H3,(H,17,18,19). The van der Waals surface area contributed by atoms with Crippen LogP contribution in [0.5, 0.6) is 0 Å². The van der Waals surface area contributed by atoms with Gasteiger partial charge in [0, 0.05) is 36.2 Å². The molecule has 1 aromatic carbocycles. The number of nitrogens with zero attached hydrogens (tertiary/aromatic N) is 3. The second-order valence-corrected chi connectivity index (χ2v) is 4.85. The molecule has 20 heavy (non-hydrogen) atoms.